The third-order valence-electron chi connectivity index (χ3n) is 4.21. The van der Waals surface area contributed by atoms with Crippen LogP contribution in [0, 0.1) is 0 Å². The van der Waals surface area contributed by atoms with E-state index in [0.717, 1.165) is 5.56 Å². The van der Waals surface area contributed by atoms with E-state index in [4.69, 9.17) is 28.4 Å². The van der Waals surface area contributed by atoms with Crippen LogP contribution in [0.25, 0.3) is 0 Å². The molecular formula is C21H26O10. The molecule has 2 rings (SSSR count). The Morgan fingerprint density at radius 2 is 1.35 bits per heavy atom. The van der Waals surface area contributed by atoms with Gasteiger partial charge in [0.2, 0.25) is 6.29 Å². The highest BCUT2D eigenvalue weighted by Crippen LogP contribution is 2.30. The van der Waals surface area contributed by atoms with Crippen molar-refractivity contribution in [3.05, 3.63) is 35.9 Å². The first-order valence-corrected chi connectivity index (χ1v) is 9.63. The predicted octanol–water partition coefficient (Wildman–Crippen LogP) is 1.29. The number of esters is 4. The molecule has 1 heterocycles. The monoisotopic (exact) mass is 438 g/mol. The van der Waals surface area contributed by atoms with Crippen molar-refractivity contribution in [2.45, 2.75) is 65.0 Å². The van der Waals surface area contributed by atoms with Crippen LogP contribution in [0.4, 0.5) is 0 Å². The molecule has 0 aromatic heterocycles. The molecule has 0 amide bonds. The molecule has 170 valence electrons. The van der Waals surface area contributed by atoms with Gasteiger partial charge in [-0.1, -0.05) is 30.3 Å². The van der Waals surface area contributed by atoms with E-state index >= 15 is 0 Å². The Balaban J connectivity index is 2.36. The summed E-state index contributed by atoms with van der Waals surface area (Å²) in [6, 6.07) is 9.11. The molecule has 0 bridgehead atoms. The lowest BCUT2D eigenvalue weighted by atomic mass is 9.98. The fraction of sp³-hybridized carbons (Fsp3) is 0.524. The van der Waals surface area contributed by atoms with Crippen molar-refractivity contribution >= 4 is 23.9 Å². The summed E-state index contributed by atoms with van der Waals surface area (Å²) in [7, 11) is 0. The minimum atomic E-state index is -1.31. The molecular weight excluding hydrogens is 412 g/mol. The van der Waals surface area contributed by atoms with E-state index in [1.807, 2.05) is 30.3 Å². The highest BCUT2D eigenvalue weighted by atomic mass is 16.7. The lowest BCUT2D eigenvalue weighted by Gasteiger charge is -2.44. The van der Waals surface area contributed by atoms with Crippen LogP contribution < -0.4 is 0 Å². The normalized spacial score (nSPS) is 25.2. The Morgan fingerprint density at radius 1 is 0.774 bits per heavy atom. The van der Waals surface area contributed by atoms with Gasteiger partial charge in [0.25, 0.3) is 0 Å². The van der Waals surface area contributed by atoms with Gasteiger partial charge in [0.05, 0.1) is 6.61 Å². The lowest BCUT2D eigenvalue weighted by molar-refractivity contribution is -0.307. The van der Waals surface area contributed by atoms with Crippen molar-refractivity contribution in [1.29, 1.82) is 0 Å². The Labute approximate surface area is 179 Å². The van der Waals surface area contributed by atoms with Crippen LogP contribution in [-0.4, -0.2) is 61.2 Å². The third-order valence-corrected chi connectivity index (χ3v) is 4.21. The fourth-order valence-electron chi connectivity index (χ4n) is 3.07. The second-order valence-electron chi connectivity index (χ2n) is 6.86. The van der Waals surface area contributed by atoms with Crippen molar-refractivity contribution in [2.75, 3.05) is 6.61 Å². The Bertz CT molecular complexity index is 778. The zero-order valence-corrected chi connectivity index (χ0v) is 17.8. The quantitative estimate of drug-likeness (QED) is 0.433. The molecule has 1 aliphatic rings. The van der Waals surface area contributed by atoms with E-state index in [1.54, 1.807) is 0 Å². The second kappa shape index (κ2) is 11.4. The van der Waals surface area contributed by atoms with Gasteiger partial charge >= 0.3 is 23.9 Å². The van der Waals surface area contributed by atoms with Gasteiger partial charge in [-0.25, -0.2) is 0 Å². The number of hydrogen-bond donors (Lipinski definition) is 0. The number of benzene rings is 1. The van der Waals surface area contributed by atoms with Gasteiger partial charge in [-0.05, 0) is 5.56 Å². The first-order valence-electron chi connectivity index (χ1n) is 9.63. The maximum absolute atomic E-state index is 11.8. The number of ether oxygens (including phenoxy) is 6. The summed E-state index contributed by atoms with van der Waals surface area (Å²) < 4.78 is 32.6. The molecule has 0 spiro atoms. The molecule has 1 aromatic rings. The van der Waals surface area contributed by atoms with E-state index in [0.29, 0.717) is 0 Å². The van der Waals surface area contributed by atoms with E-state index in [9.17, 15) is 19.2 Å². The molecule has 0 saturated carbocycles. The van der Waals surface area contributed by atoms with Crippen LogP contribution in [0.5, 0.6) is 0 Å². The number of hydrogen-bond acceptors (Lipinski definition) is 10. The molecule has 31 heavy (non-hydrogen) atoms. The van der Waals surface area contributed by atoms with Crippen LogP contribution in [-0.2, 0) is 54.2 Å². The van der Waals surface area contributed by atoms with Crippen molar-refractivity contribution in [2.24, 2.45) is 0 Å². The molecule has 5 atom stereocenters. The maximum Gasteiger partial charge on any atom is 0.305 e. The first-order chi connectivity index (χ1) is 14.7. The molecule has 1 aliphatic heterocycles. The largest absolute Gasteiger partial charge is 0.463 e. The lowest BCUT2D eigenvalue weighted by Crippen LogP contribution is -2.62. The maximum atomic E-state index is 11.8. The SMILES string of the molecule is CC(=O)OC[C@H]1OC(OC(C)=O)[C@H](OCc2ccccc2)[C@@H](OC(C)=O)[C@@H]1OC(C)=O. The molecule has 0 N–H and O–H groups in total. The summed E-state index contributed by atoms with van der Waals surface area (Å²) in [5.41, 5.74) is 0.803. The van der Waals surface area contributed by atoms with Crippen molar-refractivity contribution in [1.82, 2.24) is 0 Å². The molecule has 1 saturated heterocycles. The van der Waals surface area contributed by atoms with E-state index in [2.05, 4.69) is 0 Å². The molecule has 0 radical (unpaired) electrons. The predicted molar refractivity (Wildman–Crippen MR) is 103 cm³/mol. The highest BCUT2D eigenvalue weighted by Gasteiger charge is 2.52. The van der Waals surface area contributed by atoms with Gasteiger partial charge in [-0.2, -0.15) is 0 Å². The summed E-state index contributed by atoms with van der Waals surface area (Å²) in [6.07, 6.45) is -5.86. The number of carbonyl (C=O) groups is 4. The average molecular weight is 438 g/mol. The summed E-state index contributed by atoms with van der Waals surface area (Å²) in [4.78, 5) is 46.5. The average Bonchev–Trinajstić information content (AvgIpc) is 2.67. The van der Waals surface area contributed by atoms with Crippen LogP contribution in [0.3, 0.4) is 0 Å². The first kappa shape index (κ1) is 24.3. The Kier molecular flexibility index (Phi) is 8.95. The van der Waals surface area contributed by atoms with Crippen LogP contribution >= 0.6 is 0 Å². The second-order valence-corrected chi connectivity index (χ2v) is 6.86. The standard InChI is InChI=1S/C21H26O10/c1-12(22)26-11-17-18(28-13(2)23)19(29-14(3)24)20(21(31-17)30-15(4)25)27-10-16-8-6-5-7-9-16/h5-9,17-21H,10-11H2,1-4H3/t17-,18-,19+,20-,21?/m1/s1. The zero-order chi connectivity index (χ0) is 23.0. The van der Waals surface area contributed by atoms with Crippen LogP contribution in [0.2, 0.25) is 0 Å². The van der Waals surface area contributed by atoms with Gasteiger partial charge < -0.3 is 28.4 Å². The Morgan fingerprint density at radius 3 is 1.90 bits per heavy atom. The summed E-state index contributed by atoms with van der Waals surface area (Å²) in [5, 5.41) is 0. The van der Waals surface area contributed by atoms with Gasteiger partial charge in [-0.15, -0.1) is 0 Å². The molecule has 10 heteroatoms. The highest BCUT2D eigenvalue weighted by molar-refractivity contribution is 5.68. The number of carbonyl (C=O) groups excluding carboxylic acids is 4. The molecule has 1 aromatic carbocycles. The summed E-state index contributed by atoms with van der Waals surface area (Å²) in [5.74, 6) is -2.62. The van der Waals surface area contributed by atoms with Gasteiger partial charge in [-0.3, -0.25) is 19.2 Å². The van der Waals surface area contributed by atoms with Gasteiger partial charge in [0.1, 0.15) is 12.7 Å². The molecule has 0 aliphatic carbocycles. The number of rotatable bonds is 8. The van der Waals surface area contributed by atoms with Crippen molar-refractivity contribution in [3.8, 4) is 0 Å². The molecule has 10 nitrogen and oxygen atoms in total. The smallest absolute Gasteiger partial charge is 0.305 e. The van der Waals surface area contributed by atoms with Gasteiger partial charge in [0, 0.05) is 27.7 Å². The minimum Gasteiger partial charge on any atom is -0.463 e. The molecule has 1 fully saturated rings. The van der Waals surface area contributed by atoms with E-state index in [-0.39, 0.29) is 13.2 Å². The topological polar surface area (TPSA) is 124 Å². The fourth-order valence-corrected chi connectivity index (χ4v) is 3.07. The molecule has 1 unspecified atom stereocenters. The van der Waals surface area contributed by atoms with Gasteiger partial charge in [0.15, 0.2) is 18.3 Å². The van der Waals surface area contributed by atoms with Crippen molar-refractivity contribution in [3.63, 3.8) is 0 Å². The zero-order valence-electron chi connectivity index (χ0n) is 17.8. The summed E-state index contributed by atoms with van der Waals surface area (Å²) in [6.45, 7) is 4.47. The Hall–Kier alpha value is -2.98. The van der Waals surface area contributed by atoms with Crippen molar-refractivity contribution < 1.29 is 47.6 Å². The van der Waals surface area contributed by atoms with E-state index in [1.165, 1.54) is 27.7 Å². The van der Waals surface area contributed by atoms with E-state index < -0.39 is 54.6 Å². The van der Waals surface area contributed by atoms with Crippen LogP contribution in [0.15, 0.2) is 30.3 Å². The summed E-state index contributed by atoms with van der Waals surface area (Å²) >= 11 is 0. The van der Waals surface area contributed by atoms with Crippen LogP contribution in [0.1, 0.15) is 33.3 Å². The third kappa shape index (κ3) is 7.65. The minimum absolute atomic E-state index is 0.0752.